The molecule has 2 rings (SSSR count). The Morgan fingerprint density at radius 3 is 2.42 bits per heavy atom. The Hall–Kier alpha value is -2.17. The Morgan fingerprint density at radius 1 is 1.16 bits per heavy atom. The lowest BCUT2D eigenvalue weighted by Gasteiger charge is -2.08. The number of alkyl halides is 3. The second-order valence-electron chi connectivity index (χ2n) is 4.07. The number of hydrogen-bond acceptors (Lipinski definition) is 2. The predicted molar refractivity (Wildman–Crippen MR) is 64.7 cm³/mol. The molecule has 0 atom stereocenters. The van der Waals surface area contributed by atoms with Gasteiger partial charge in [-0.3, -0.25) is 9.78 Å². The molecule has 0 bridgehead atoms. The monoisotopic (exact) mass is 265 g/mol. The van der Waals surface area contributed by atoms with Crippen molar-refractivity contribution in [2.24, 2.45) is 0 Å². The van der Waals surface area contributed by atoms with Crippen molar-refractivity contribution in [3.8, 4) is 11.3 Å². The predicted octanol–water partition coefficient (Wildman–Crippen LogP) is 3.97. The summed E-state index contributed by atoms with van der Waals surface area (Å²) < 4.78 is 37.8. The van der Waals surface area contributed by atoms with E-state index >= 15 is 0 Å². The first-order valence-corrected chi connectivity index (χ1v) is 5.52. The zero-order valence-electron chi connectivity index (χ0n) is 10.0. The minimum absolute atomic E-state index is 0.136. The molecule has 2 aromatic rings. The molecule has 0 fully saturated rings. The Bertz CT molecular complexity index is 603. The van der Waals surface area contributed by atoms with Crippen molar-refractivity contribution in [3.63, 3.8) is 0 Å². The fourth-order valence-electron chi connectivity index (χ4n) is 1.63. The maximum Gasteiger partial charge on any atom is 0.416 e. The molecule has 0 radical (unpaired) electrons. The van der Waals surface area contributed by atoms with Gasteiger partial charge in [0, 0.05) is 17.3 Å². The van der Waals surface area contributed by atoms with Gasteiger partial charge in [-0.25, -0.2) is 0 Å². The normalized spacial score (nSPS) is 11.4. The minimum Gasteiger partial charge on any atom is -0.294 e. The van der Waals surface area contributed by atoms with Crippen molar-refractivity contribution in [2.45, 2.75) is 13.1 Å². The molecular weight excluding hydrogens is 255 g/mol. The first-order valence-electron chi connectivity index (χ1n) is 5.52. The highest BCUT2D eigenvalue weighted by molar-refractivity contribution is 5.93. The topological polar surface area (TPSA) is 30.0 Å². The van der Waals surface area contributed by atoms with Crippen LogP contribution in [-0.2, 0) is 6.18 Å². The summed E-state index contributed by atoms with van der Waals surface area (Å²) >= 11 is 0. The van der Waals surface area contributed by atoms with Crippen molar-refractivity contribution < 1.29 is 18.0 Å². The number of rotatable bonds is 2. The molecule has 19 heavy (non-hydrogen) atoms. The second-order valence-corrected chi connectivity index (χ2v) is 4.07. The quantitative estimate of drug-likeness (QED) is 0.769. The smallest absolute Gasteiger partial charge is 0.294 e. The van der Waals surface area contributed by atoms with E-state index in [4.69, 9.17) is 0 Å². The molecule has 1 aromatic heterocycles. The molecule has 0 aliphatic carbocycles. The van der Waals surface area contributed by atoms with Crippen molar-refractivity contribution in [1.82, 2.24) is 4.98 Å². The van der Waals surface area contributed by atoms with Crippen molar-refractivity contribution >= 4 is 5.78 Å². The van der Waals surface area contributed by atoms with Crippen LogP contribution < -0.4 is 0 Å². The highest BCUT2D eigenvalue weighted by Crippen LogP contribution is 2.31. The van der Waals surface area contributed by atoms with Crippen LogP contribution in [0.4, 0.5) is 13.2 Å². The van der Waals surface area contributed by atoms with Gasteiger partial charge in [-0.05, 0) is 31.2 Å². The molecule has 0 unspecified atom stereocenters. The molecular formula is C14H10F3NO. The number of nitrogens with zero attached hydrogens (tertiary/aromatic N) is 1. The van der Waals surface area contributed by atoms with E-state index < -0.39 is 11.7 Å². The van der Waals surface area contributed by atoms with Crippen molar-refractivity contribution in [3.05, 3.63) is 53.7 Å². The zero-order chi connectivity index (χ0) is 14.0. The van der Waals surface area contributed by atoms with Crippen LogP contribution in [0.5, 0.6) is 0 Å². The Kier molecular flexibility index (Phi) is 3.38. The maximum atomic E-state index is 12.6. The van der Waals surface area contributed by atoms with Crippen molar-refractivity contribution in [2.75, 3.05) is 0 Å². The molecule has 0 saturated heterocycles. The van der Waals surface area contributed by atoms with Gasteiger partial charge >= 0.3 is 6.18 Å². The number of ketones is 1. The Balaban J connectivity index is 2.39. The van der Waals surface area contributed by atoms with Gasteiger partial charge in [0.2, 0.25) is 0 Å². The number of halogens is 3. The fraction of sp³-hybridized carbons (Fsp3) is 0.143. The molecule has 0 spiro atoms. The first kappa shape index (κ1) is 13.3. The van der Waals surface area contributed by atoms with Gasteiger partial charge in [0.15, 0.2) is 5.78 Å². The summed E-state index contributed by atoms with van der Waals surface area (Å²) in [7, 11) is 0. The van der Waals surface area contributed by atoms with Gasteiger partial charge in [0.25, 0.3) is 0 Å². The molecule has 0 aliphatic rings. The average Bonchev–Trinajstić information content (AvgIpc) is 2.38. The average molecular weight is 265 g/mol. The molecule has 1 aromatic carbocycles. The lowest BCUT2D eigenvalue weighted by Crippen LogP contribution is -2.04. The Labute approximate surface area is 107 Å². The highest BCUT2D eigenvalue weighted by Gasteiger charge is 2.30. The summed E-state index contributed by atoms with van der Waals surface area (Å²) in [6.07, 6.45) is -3.02. The van der Waals surface area contributed by atoms with E-state index in [9.17, 15) is 18.0 Å². The van der Waals surface area contributed by atoms with Gasteiger partial charge in [-0.1, -0.05) is 12.1 Å². The number of aromatic nitrogens is 1. The van der Waals surface area contributed by atoms with Crippen LogP contribution in [0, 0.1) is 0 Å². The van der Waals surface area contributed by atoms with E-state index in [1.54, 1.807) is 12.1 Å². The van der Waals surface area contributed by atoms with E-state index in [2.05, 4.69) is 4.98 Å². The van der Waals surface area contributed by atoms with Crippen LogP contribution in [-0.4, -0.2) is 10.8 Å². The van der Waals surface area contributed by atoms with Crippen LogP contribution in [0.25, 0.3) is 11.3 Å². The van der Waals surface area contributed by atoms with Crippen LogP contribution in [0.3, 0.4) is 0 Å². The van der Waals surface area contributed by atoms with Crippen LogP contribution >= 0.6 is 0 Å². The van der Waals surface area contributed by atoms with Gasteiger partial charge in [0.05, 0.1) is 11.3 Å². The lowest BCUT2D eigenvalue weighted by molar-refractivity contribution is -0.137. The lowest BCUT2D eigenvalue weighted by atomic mass is 10.1. The summed E-state index contributed by atoms with van der Waals surface area (Å²) in [6, 6.07) is 8.00. The van der Waals surface area contributed by atoms with E-state index in [1.807, 2.05) is 0 Å². The molecule has 0 aliphatic heterocycles. The van der Waals surface area contributed by atoms with Gasteiger partial charge < -0.3 is 0 Å². The van der Waals surface area contributed by atoms with Gasteiger partial charge in [-0.2, -0.15) is 13.2 Å². The molecule has 0 amide bonds. The third kappa shape index (κ3) is 2.99. The summed E-state index contributed by atoms with van der Waals surface area (Å²) in [5.74, 6) is -0.136. The minimum atomic E-state index is -4.38. The zero-order valence-corrected chi connectivity index (χ0v) is 10.0. The van der Waals surface area contributed by atoms with Crippen LogP contribution in [0.15, 0.2) is 42.6 Å². The first-order chi connectivity index (χ1) is 8.88. The van der Waals surface area contributed by atoms with Gasteiger partial charge in [-0.15, -0.1) is 0 Å². The molecule has 1 heterocycles. The molecule has 98 valence electrons. The fourth-order valence-corrected chi connectivity index (χ4v) is 1.63. The third-order valence-corrected chi connectivity index (χ3v) is 2.66. The number of benzene rings is 1. The van der Waals surface area contributed by atoms with E-state index in [1.165, 1.54) is 25.3 Å². The summed E-state index contributed by atoms with van der Waals surface area (Å²) in [5, 5.41) is 0. The molecule has 0 N–H and O–H groups in total. The van der Waals surface area contributed by atoms with E-state index in [-0.39, 0.29) is 5.78 Å². The SMILES string of the molecule is CC(=O)c1ccc(-c2cccc(C(F)(F)F)c2)nc1. The molecule has 0 saturated carbocycles. The maximum absolute atomic E-state index is 12.6. The largest absolute Gasteiger partial charge is 0.416 e. The number of carbonyl (C=O) groups excluding carboxylic acids is 1. The standard InChI is InChI=1S/C14H10F3NO/c1-9(19)11-5-6-13(18-8-11)10-3-2-4-12(7-10)14(15,16)17/h2-8H,1H3. The number of hydrogen-bond donors (Lipinski definition) is 0. The second kappa shape index (κ2) is 4.84. The highest BCUT2D eigenvalue weighted by atomic mass is 19.4. The van der Waals surface area contributed by atoms with Crippen LogP contribution in [0.1, 0.15) is 22.8 Å². The third-order valence-electron chi connectivity index (χ3n) is 2.66. The van der Waals surface area contributed by atoms with Gasteiger partial charge in [0.1, 0.15) is 0 Å². The number of Topliss-reactive ketones (excluding diaryl/α,β-unsaturated/α-hetero) is 1. The molecule has 2 nitrogen and oxygen atoms in total. The van der Waals surface area contributed by atoms with E-state index in [0.29, 0.717) is 16.8 Å². The van der Waals surface area contributed by atoms with E-state index in [0.717, 1.165) is 12.1 Å². The van der Waals surface area contributed by atoms with Crippen LogP contribution in [0.2, 0.25) is 0 Å². The summed E-state index contributed by atoms with van der Waals surface area (Å²) in [4.78, 5) is 15.1. The number of pyridine rings is 1. The summed E-state index contributed by atoms with van der Waals surface area (Å²) in [5.41, 5.74) is 0.471. The number of carbonyl (C=O) groups is 1. The molecule has 5 heteroatoms. The summed E-state index contributed by atoms with van der Waals surface area (Å²) in [6.45, 7) is 1.40. The Morgan fingerprint density at radius 2 is 1.89 bits per heavy atom. The van der Waals surface area contributed by atoms with Crippen molar-refractivity contribution in [1.29, 1.82) is 0 Å².